The number of benzene rings is 1. The van der Waals surface area contributed by atoms with Gasteiger partial charge >= 0.3 is 0 Å². The molecule has 0 unspecified atom stereocenters. The maximum absolute atomic E-state index is 11.9. The first kappa shape index (κ1) is 12.3. The lowest BCUT2D eigenvalue weighted by atomic mass is 10.1. The molecule has 4 heteroatoms. The molecule has 0 aliphatic heterocycles. The number of rotatable bonds is 3. The van der Waals surface area contributed by atoms with Crippen LogP contribution in [0.1, 0.15) is 20.8 Å². The Morgan fingerprint density at radius 3 is 2.82 bits per heavy atom. The molecule has 0 bridgehead atoms. The molecule has 0 radical (unpaired) electrons. The van der Waals surface area contributed by atoms with Gasteiger partial charge < -0.3 is 5.32 Å². The Morgan fingerprint density at radius 1 is 1.35 bits per heavy atom. The molecule has 0 saturated heterocycles. The number of thiophene rings is 1. The third kappa shape index (κ3) is 3.41. The average molecular weight is 310 g/mol. The van der Waals surface area contributed by atoms with Crippen LogP contribution in [-0.4, -0.2) is 5.91 Å². The van der Waals surface area contributed by atoms with E-state index in [-0.39, 0.29) is 5.91 Å². The monoisotopic (exact) mass is 309 g/mol. The summed E-state index contributed by atoms with van der Waals surface area (Å²) in [5.41, 5.74) is 1.80. The Labute approximate surface area is 113 Å². The normalized spacial score (nSPS) is 10.2. The van der Waals surface area contributed by atoms with E-state index in [1.807, 2.05) is 43.3 Å². The molecule has 0 fully saturated rings. The summed E-state index contributed by atoms with van der Waals surface area (Å²) in [7, 11) is 0. The SMILES string of the molecule is Cc1cccc(C(=O)NCc2ccc(Br)s2)c1. The molecule has 2 aromatic rings. The van der Waals surface area contributed by atoms with Gasteiger partial charge in [-0.05, 0) is 47.1 Å². The third-order valence-corrected chi connectivity index (χ3v) is 3.96. The van der Waals surface area contributed by atoms with Crippen molar-refractivity contribution in [1.82, 2.24) is 5.32 Å². The number of nitrogens with one attached hydrogen (secondary N) is 1. The van der Waals surface area contributed by atoms with Gasteiger partial charge in [-0.1, -0.05) is 17.7 Å². The van der Waals surface area contributed by atoms with Gasteiger partial charge in [0, 0.05) is 10.4 Å². The lowest BCUT2D eigenvalue weighted by molar-refractivity contribution is 0.0951. The number of carbonyl (C=O) groups excluding carboxylic acids is 1. The smallest absolute Gasteiger partial charge is 0.251 e. The molecular formula is C13H12BrNOS. The standard InChI is InChI=1S/C13H12BrNOS/c1-9-3-2-4-10(7-9)13(16)15-8-11-5-6-12(14)17-11/h2-7H,8H2,1H3,(H,15,16). The van der Waals surface area contributed by atoms with Crippen molar-refractivity contribution < 1.29 is 4.79 Å². The van der Waals surface area contributed by atoms with E-state index in [4.69, 9.17) is 0 Å². The summed E-state index contributed by atoms with van der Waals surface area (Å²) in [6, 6.07) is 11.6. The van der Waals surface area contributed by atoms with Crippen molar-refractivity contribution in [2.24, 2.45) is 0 Å². The zero-order valence-electron chi connectivity index (χ0n) is 9.37. The molecule has 2 rings (SSSR count). The first-order valence-corrected chi connectivity index (χ1v) is 6.85. The van der Waals surface area contributed by atoms with E-state index in [0.29, 0.717) is 12.1 Å². The van der Waals surface area contributed by atoms with Gasteiger partial charge in [-0.25, -0.2) is 0 Å². The summed E-state index contributed by atoms with van der Waals surface area (Å²) in [6.07, 6.45) is 0. The molecule has 0 spiro atoms. The van der Waals surface area contributed by atoms with Crippen LogP contribution in [0.25, 0.3) is 0 Å². The Hall–Kier alpha value is -1.13. The van der Waals surface area contributed by atoms with E-state index in [1.165, 1.54) is 0 Å². The van der Waals surface area contributed by atoms with Gasteiger partial charge in [-0.3, -0.25) is 4.79 Å². The Balaban J connectivity index is 1.98. The summed E-state index contributed by atoms with van der Waals surface area (Å²) in [5, 5.41) is 2.91. The summed E-state index contributed by atoms with van der Waals surface area (Å²) in [6.45, 7) is 2.55. The molecule has 0 atom stereocenters. The molecule has 0 aliphatic rings. The van der Waals surface area contributed by atoms with E-state index in [9.17, 15) is 4.79 Å². The van der Waals surface area contributed by atoms with Crippen LogP contribution in [0.4, 0.5) is 0 Å². The summed E-state index contributed by atoms with van der Waals surface area (Å²) >= 11 is 5.03. The summed E-state index contributed by atoms with van der Waals surface area (Å²) in [5.74, 6) is -0.0294. The van der Waals surface area contributed by atoms with Crippen molar-refractivity contribution >= 4 is 33.2 Å². The fourth-order valence-corrected chi connectivity index (χ4v) is 2.93. The molecule has 0 saturated carbocycles. The van der Waals surface area contributed by atoms with Gasteiger partial charge in [0.2, 0.25) is 0 Å². The molecule has 2 nitrogen and oxygen atoms in total. The van der Waals surface area contributed by atoms with Crippen LogP contribution in [0.15, 0.2) is 40.2 Å². The summed E-state index contributed by atoms with van der Waals surface area (Å²) < 4.78 is 1.08. The molecule has 1 amide bonds. The molecule has 17 heavy (non-hydrogen) atoms. The summed E-state index contributed by atoms with van der Waals surface area (Å²) in [4.78, 5) is 13.0. The van der Waals surface area contributed by atoms with Crippen LogP contribution in [0.5, 0.6) is 0 Å². The molecule has 1 aromatic heterocycles. The van der Waals surface area contributed by atoms with Crippen molar-refractivity contribution in [2.45, 2.75) is 13.5 Å². The first-order valence-electron chi connectivity index (χ1n) is 5.24. The van der Waals surface area contributed by atoms with E-state index < -0.39 is 0 Å². The highest BCUT2D eigenvalue weighted by Gasteiger charge is 2.05. The lowest BCUT2D eigenvalue weighted by Crippen LogP contribution is -2.22. The maximum atomic E-state index is 11.9. The fourth-order valence-electron chi connectivity index (χ4n) is 1.50. The third-order valence-electron chi connectivity index (χ3n) is 2.33. The first-order chi connectivity index (χ1) is 8.15. The van der Waals surface area contributed by atoms with Crippen molar-refractivity contribution in [1.29, 1.82) is 0 Å². The van der Waals surface area contributed by atoms with Crippen LogP contribution >= 0.6 is 27.3 Å². The molecule has 88 valence electrons. The highest BCUT2D eigenvalue weighted by molar-refractivity contribution is 9.11. The lowest BCUT2D eigenvalue weighted by Gasteiger charge is -2.04. The van der Waals surface area contributed by atoms with E-state index in [0.717, 1.165) is 14.2 Å². The second kappa shape index (κ2) is 5.47. The van der Waals surface area contributed by atoms with Crippen LogP contribution in [0, 0.1) is 6.92 Å². The van der Waals surface area contributed by atoms with Crippen molar-refractivity contribution in [3.8, 4) is 0 Å². The minimum Gasteiger partial charge on any atom is -0.347 e. The molecule has 1 heterocycles. The number of halogens is 1. The molecular weight excluding hydrogens is 298 g/mol. The largest absolute Gasteiger partial charge is 0.347 e. The van der Waals surface area contributed by atoms with Crippen molar-refractivity contribution in [2.75, 3.05) is 0 Å². The number of aryl methyl sites for hydroxylation is 1. The molecule has 1 N–H and O–H groups in total. The van der Waals surface area contributed by atoms with Gasteiger partial charge in [0.05, 0.1) is 10.3 Å². The van der Waals surface area contributed by atoms with Crippen molar-refractivity contribution in [3.05, 3.63) is 56.2 Å². The number of amides is 1. The molecule has 0 aliphatic carbocycles. The van der Waals surface area contributed by atoms with Gasteiger partial charge in [0.25, 0.3) is 5.91 Å². The van der Waals surface area contributed by atoms with E-state index >= 15 is 0 Å². The van der Waals surface area contributed by atoms with Crippen molar-refractivity contribution in [3.63, 3.8) is 0 Å². The average Bonchev–Trinajstić information content (AvgIpc) is 2.72. The van der Waals surface area contributed by atoms with E-state index in [2.05, 4.69) is 21.2 Å². The quantitative estimate of drug-likeness (QED) is 0.919. The highest BCUT2D eigenvalue weighted by atomic mass is 79.9. The fraction of sp³-hybridized carbons (Fsp3) is 0.154. The molecule has 1 aromatic carbocycles. The second-order valence-corrected chi connectivity index (χ2v) is 6.31. The topological polar surface area (TPSA) is 29.1 Å². The Kier molecular flexibility index (Phi) is 3.97. The van der Waals surface area contributed by atoms with Gasteiger partial charge in [0.1, 0.15) is 0 Å². The van der Waals surface area contributed by atoms with E-state index in [1.54, 1.807) is 11.3 Å². The zero-order valence-corrected chi connectivity index (χ0v) is 11.8. The van der Waals surface area contributed by atoms with Gasteiger partial charge in [0.15, 0.2) is 0 Å². The second-order valence-electron chi connectivity index (χ2n) is 3.76. The van der Waals surface area contributed by atoms with Crippen LogP contribution in [0.2, 0.25) is 0 Å². The minimum absolute atomic E-state index is 0.0294. The van der Waals surface area contributed by atoms with Crippen LogP contribution < -0.4 is 5.32 Å². The maximum Gasteiger partial charge on any atom is 0.251 e. The van der Waals surface area contributed by atoms with Gasteiger partial charge in [-0.2, -0.15) is 0 Å². The highest BCUT2D eigenvalue weighted by Crippen LogP contribution is 2.21. The Morgan fingerprint density at radius 2 is 2.18 bits per heavy atom. The van der Waals surface area contributed by atoms with Crippen LogP contribution in [-0.2, 0) is 6.54 Å². The minimum atomic E-state index is -0.0294. The zero-order chi connectivity index (χ0) is 12.3. The Bertz CT molecular complexity index is 536. The number of carbonyl (C=O) groups is 1. The number of hydrogen-bond acceptors (Lipinski definition) is 2. The van der Waals surface area contributed by atoms with Crippen LogP contribution in [0.3, 0.4) is 0 Å². The number of hydrogen-bond donors (Lipinski definition) is 1. The van der Waals surface area contributed by atoms with Gasteiger partial charge in [-0.15, -0.1) is 11.3 Å². The predicted molar refractivity (Wildman–Crippen MR) is 74.4 cm³/mol. The predicted octanol–water partition coefficient (Wildman–Crippen LogP) is 3.75.